The predicted octanol–water partition coefficient (Wildman–Crippen LogP) is -0.618. The molecule has 82 valence electrons. The summed E-state index contributed by atoms with van der Waals surface area (Å²) in [5.41, 5.74) is 0. The summed E-state index contributed by atoms with van der Waals surface area (Å²) >= 11 is 0. The van der Waals surface area contributed by atoms with E-state index in [2.05, 4.69) is 22.2 Å². The minimum absolute atomic E-state index is 0.0990. The van der Waals surface area contributed by atoms with Crippen molar-refractivity contribution in [1.82, 2.24) is 10.6 Å². The van der Waals surface area contributed by atoms with Gasteiger partial charge >= 0.3 is 0 Å². The molecule has 0 aromatic rings. The molecule has 0 aliphatic rings. The van der Waals surface area contributed by atoms with Gasteiger partial charge in [0.15, 0.2) is 5.96 Å². The first-order valence-electron chi connectivity index (χ1n) is 4.22. The molecule has 0 heterocycles. The SMILES string of the molecule is C=CCNC(=NC)NCCS(C)(=O)=O. The van der Waals surface area contributed by atoms with Gasteiger partial charge in [-0.05, 0) is 0 Å². The highest BCUT2D eigenvalue weighted by atomic mass is 32.2. The van der Waals surface area contributed by atoms with Crippen LogP contribution in [-0.4, -0.2) is 46.5 Å². The molecule has 5 nitrogen and oxygen atoms in total. The largest absolute Gasteiger partial charge is 0.355 e. The molecule has 0 atom stereocenters. The third kappa shape index (κ3) is 7.60. The van der Waals surface area contributed by atoms with Crippen LogP contribution in [0.4, 0.5) is 0 Å². The topological polar surface area (TPSA) is 70.6 Å². The zero-order chi connectivity index (χ0) is 11.0. The summed E-state index contributed by atoms with van der Waals surface area (Å²) in [6, 6.07) is 0. The molecule has 0 saturated carbocycles. The van der Waals surface area contributed by atoms with Crippen LogP contribution in [0.1, 0.15) is 0 Å². The summed E-state index contributed by atoms with van der Waals surface area (Å²) in [4.78, 5) is 3.90. The zero-order valence-corrected chi connectivity index (χ0v) is 9.39. The lowest BCUT2D eigenvalue weighted by Crippen LogP contribution is -2.39. The van der Waals surface area contributed by atoms with E-state index in [0.717, 1.165) is 0 Å². The second kappa shape index (κ2) is 6.42. The quantitative estimate of drug-likeness (QED) is 0.367. The van der Waals surface area contributed by atoms with Gasteiger partial charge in [0.1, 0.15) is 9.84 Å². The number of nitrogens with one attached hydrogen (secondary N) is 2. The molecule has 0 aromatic heterocycles. The molecule has 0 spiro atoms. The van der Waals surface area contributed by atoms with Crippen LogP contribution < -0.4 is 10.6 Å². The number of hydrogen-bond donors (Lipinski definition) is 2. The Morgan fingerprint density at radius 3 is 2.57 bits per heavy atom. The van der Waals surface area contributed by atoms with Crippen LogP contribution in [0.15, 0.2) is 17.6 Å². The number of sulfone groups is 1. The van der Waals surface area contributed by atoms with Gasteiger partial charge in [0, 0.05) is 26.4 Å². The van der Waals surface area contributed by atoms with E-state index in [1.807, 2.05) is 0 Å². The molecular formula is C8H17N3O2S. The van der Waals surface area contributed by atoms with Crippen molar-refractivity contribution in [3.63, 3.8) is 0 Å². The van der Waals surface area contributed by atoms with Crippen LogP contribution in [0.3, 0.4) is 0 Å². The van der Waals surface area contributed by atoms with E-state index in [1.165, 1.54) is 6.26 Å². The highest BCUT2D eigenvalue weighted by molar-refractivity contribution is 7.90. The monoisotopic (exact) mass is 219 g/mol. The normalized spacial score (nSPS) is 12.3. The first-order valence-corrected chi connectivity index (χ1v) is 6.29. The van der Waals surface area contributed by atoms with Crippen molar-refractivity contribution in [2.24, 2.45) is 4.99 Å². The molecule has 0 amide bonds. The van der Waals surface area contributed by atoms with Gasteiger partial charge < -0.3 is 10.6 Å². The molecule has 0 bridgehead atoms. The molecule has 0 saturated heterocycles. The fourth-order valence-electron chi connectivity index (χ4n) is 0.744. The Bertz CT molecular complexity index is 296. The Kier molecular flexibility index (Phi) is 5.94. The van der Waals surface area contributed by atoms with Gasteiger partial charge in [-0.25, -0.2) is 8.42 Å². The molecule has 0 fully saturated rings. The summed E-state index contributed by atoms with van der Waals surface area (Å²) in [5, 5.41) is 5.80. The van der Waals surface area contributed by atoms with Gasteiger partial charge in [0.05, 0.1) is 5.75 Å². The summed E-state index contributed by atoms with van der Waals surface area (Å²) in [5.74, 6) is 0.676. The molecular weight excluding hydrogens is 202 g/mol. The molecule has 0 radical (unpaired) electrons. The van der Waals surface area contributed by atoms with Gasteiger partial charge in [-0.1, -0.05) is 6.08 Å². The van der Waals surface area contributed by atoms with Crippen molar-refractivity contribution in [3.05, 3.63) is 12.7 Å². The average molecular weight is 219 g/mol. The smallest absolute Gasteiger partial charge is 0.191 e. The Morgan fingerprint density at radius 1 is 1.50 bits per heavy atom. The second-order valence-corrected chi connectivity index (χ2v) is 5.06. The van der Waals surface area contributed by atoms with Crippen molar-refractivity contribution in [3.8, 4) is 0 Å². The lowest BCUT2D eigenvalue weighted by molar-refractivity contribution is 0.600. The molecule has 2 N–H and O–H groups in total. The van der Waals surface area contributed by atoms with Crippen LogP contribution in [0.2, 0.25) is 0 Å². The molecule has 0 aliphatic heterocycles. The maximum Gasteiger partial charge on any atom is 0.191 e. The zero-order valence-electron chi connectivity index (χ0n) is 8.58. The van der Waals surface area contributed by atoms with Crippen LogP contribution in [-0.2, 0) is 9.84 Å². The van der Waals surface area contributed by atoms with E-state index in [-0.39, 0.29) is 5.75 Å². The van der Waals surface area contributed by atoms with Crippen LogP contribution in [0.25, 0.3) is 0 Å². The maximum absolute atomic E-state index is 10.8. The van der Waals surface area contributed by atoms with E-state index in [1.54, 1.807) is 13.1 Å². The number of guanidine groups is 1. The van der Waals surface area contributed by atoms with Gasteiger partial charge in [-0.2, -0.15) is 0 Å². The van der Waals surface area contributed by atoms with Gasteiger partial charge in [0.2, 0.25) is 0 Å². The highest BCUT2D eigenvalue weighted by Gasteiger charge is 2.01. The Morgan fingerprint density at radius 2 is 2.14 bits per heavy atom. The molecule has 0 aliphatic carbocycles. The van der Waals surface area contributed by atoms with Crippen molar-refractivity contribution >= 4 is 15.8 Å². The Labute approximate surface area is 85.2 Å². The first kappa shape index (κ1) is 13.0. The van der Waals surface area contributed by atoms with E-state index < -0.39 is 9.84 Å². The van der Waals surface area contributed by atoms with Crippen molar-refractivity contribution < 1.29 is 8.42 Å². The van der Waals surface area contributed by atoms with Crippen LogP contribution in [0.5, 0.6) is 0 Å². The summed E-state index contributed by atoms with van der Waals surface area (Å²) in [6.45, 7) is 4.50. The summed E-state index contributed by atoms with van der Waals surface area (Å²) < 4.78 is 21.6. The molecule has 6 heteroatoms. The van der Waals surface area contributed by atoms with E-state index in [4.69, 9.17) is 0 Å². The lowest BCUT2D eigenvalue weighted by atomic mass is 10.6. The Hall–Kier alpha value is -1.04. The molecule has 0 aromatic carbocycles. The molecule has 0 unspecified atom stereocenters. The molecule has 0 rings (SSSR count). The minimum Gasteiger partial charge on any atom is -0.355 e. The van der Waals surface area contributed by atoms with Crippen LogP contribution in [0, 0.1) is 0 Å². The minimum atomic E-state index is -2.91. The fraction of sp³-hybridized carbons (Fsp3) is 0.625. The van der Waals surface area contributed by atoms with Crippen molar-refractivity contribution in [2.45, 2.75) is 0 Å². The first-order chi connectivity index (χ1) is 6.49. The number of nitrogens with zero attached hydrogens (tertiary/aromatic N) is 1. The van der Waals surface area contributed by atoms with E-state index >= 15 is 0 Å². The van der Waals surface area contributed by atoms with E-state index in [9.17, 15) is 8.42 Å². The number of hydrogen-bond acceptors (Lipinski definition) is 3. The highest BCUT2D eigenvalue weighted by Crippen LogP contribution is 1.79. The maximum atomic E-state index is 10.8. The molecule has 14 heavy (non-hydrogen) atoms. The summed E-state index contributed by atoms with van der Waals surface area (Å²) in [6.07, 6.45) is 2.90. The number of rotatable bonds is 5. The second-order valence-electron chi connectivity index (χ2n) is 2.80. The van der Waals surface area contributed by atoms with Crippen molar-refractivity contribution in [2.75, 3.05) is 32.1 Å². The van der Waals surface area contributed by atoms with Gasteiger partial charge in [-0.3, -0.25) is 4.99 Å². The average Bonchev–Trinajstić information content (AvgIpc) is 2.09. The predicted molar refractivity (Wildman–Crippen MR) is 59.3 cm³/mol. The third-order valence-corrected chi connectivity index (χ3v) is 2.35. The third-order valence-electron chi connectivity index (χ3n) is 1.40. The van der Waals surface area contributed by atoms with Crippen molar-refractivity contribution in [1.29, 1.82) is 0 Å². The van der Waals surface area contributed by atoms with Gasteiger partial charge in [-0.15, -0.1) is 6.58 Å². The fourth-order valence-corrected chi connectivity index (χ4v) is 1.22. The van der Waals surface area contributed by atoms with E-state index in [0.29, 0.717) is 19.0 Å². The van der Waals surface area contributed by atoms with Gasteiger partial charge in [0.25, 0.3) is 0 Å². The van der Waals surface area contributed by atoms with Crippen LogP contribution >= 0.6 is 0 Å². The lowest BCUT2D eigenvalue weighted by Gasteiger charge is -2.09. The summed E-state index contributed by atoms with van der Waals surface area (Å²) in [7, 11) is -1.29. The number of aliphatic imine (C=N–C) groups is 1. The Balaban J connectivity index is 3.80. The standard InChI is InChI=1S/C8H17N3O2S/c1-4-5-10-8(9-2)11-6-7-14(3,12)13/h4H,1,5-7H2,2-3H3,(H2,9,10,11).